The van der Waals surface area contributed by atoms with Crippen LogP contribution in [0.5, 0.6) is 0 Å². The predicted molar refractivity (Wildman–Crippen MR) is 231 cm³/mol. The van der Waals surface area contributed by atoms with E-state index in [1.807, 2.05) is 84.9 Å². The normalized spacial score (nSPS) is 12.5. The molecule has 0 bridgehead atoms. The lowest BCUT2D eigenvalue weighted by Gasteiger charge is -2.16. The number of hydrogen-bond acceptors (Lipinski definition) is 4. The Morgan fingerprint density at radius 3 is 1.16 bits per heavy atom. The summed E-state index contributed by atoms with van der Waals surface area (Å²) in [6, 6.07) is 70.2. The largest absolute Gasteiger partial charge is 0.309 e. The Morgan fingerprint density at radius 2 is 0.625 bits per heavy atom. The van der Waals surface area contributed by atoms with Crippen molar-refractivity contribution in [1.82, 2.24) is 15.0 Å². The highest BCUT2D eigenvalue weighted by molar-refractivity contribution is 7.86. The molecule has 0 saturated carbocycles. The molecule has 0 unspecified atom stereocenters. The summed E-state index contributed by atoms with van der Waals surface area (Å²) in [6.45, 7) is 0. The Bertz CT molecular complexity index is 2860. The lowest BCUT2D eigenvalue weighted by atomic mass is 9.99. The van der Waals surface area contributed by atoms with Gasteiger partial charge in [-0.05, 0) is 50.6 Å². The van der Waals surface area contributed by atoms with Crippen molar-refractivity contribution in [3.63, 3.8) is 0 Å². The van der Waals surface area contributed by atoms with E-state index in [4.69, 9.17) is 15.0 Å². The Hall–Kier alpha value is -7.00. The third-order valence-electron chi connectivity index (χ3n) is 10.6. The maximum Gasteiger partial charge on any atom is 0.172 e. The molecule has 1 aliphatic rings. The van der Waals surface area contributed by atoms with Gasteiger partial charge in [0.1, 0.15) is 0 Å². The van der Waals surface area contributed by atoms with E-state index in [2.05, 4.69) is 121 Å². The topological polar surface area (TPSA) is 55.7 Å². The molecule has 8 aromatic carbocycles. The Morgan fingerprint density at radius 1 is 0.286 bits per heavy atom. The molecular formula is C51H34N3OP. The van der Waals surface area contributed by atoms with E-state index in [-0.39, 0.29) is 0 Å². The minimum atomic E-state index is -2.96. The van der Waals surface area contributed by atoms with Crippen LogP contribution in [0, 0.1) is 0 Å². The molecule has 10 rings (SSSR count). The molecule has 56 heavy (non-hydrogen) atoms. The fourth-order valence-electron chi connectivity index (χ4n) is 7.71. The van der Waals surface area contributed by atoms with Crippen LogP contribution in [0.25, 0.3) is 78.7 Å². The molecule has 0 saturated heterocycles. The first kappa shape index (κ1) is 33.6. The molecule has 0 radical (unpaired) electrons. The van der Waals surface area contributed by atoms with Gasteiger partial charge in [0, 0.05) is 32.6 Å². The maximum absolute atomic E-state index is 14.9. The standard InChI is InChI=1S/C51H34N3OP/c55-56(47-20-9-7-18-45(47)46-19-8-10-21-48(46)56)44-32-30-38(31-33-44)37-22-24-39(25-23-37)42-16-11-17-43(34-42)51-53-49(40-14-5-2-6-15-40)52-50(54-51)41-28-26-36(27-29-41)35-12-3-1-4-13-35/h1-34H. The van der Waals surface area contributed by atoms with Crippen LogP contribution in [0.1, 0.15) is 0 Å². The summed E-state index contributed by atoms with van der Waals surface area (Å²) < 4.78 is 14.9. The second kappa shape index (κ2) is 14.0. The van der Waals surface area contributed by atoms with E-state index in [9.17, 15) is 4.57 Å². The molecule has 9 aromatic rings. The maximum atomic E-state index is 14.9. The number of aromatic nitrogens is 3. The average molecular weight is 736 g/mol. The lowest BCUT2D eigenvalue weighted by molar-refractivity contribution is 0.593. The number of fused-ring (bicyclic) bond motifs is 3. The van der Waals surface area contributed by atoms with E-state index in [0.717, 1.165) is 71.5 Å². The molecule has 0 atom stereocenters. The van der Waals surface area contributed by atoms with Crippen LogP contribution < -0.4 is 15.9 Å². The molecular weight excluding hydrogens is 702 g/mol. The fraction of sp³-hybridized carbons (Fsp3) is 0. The van der Waals surface area contributed by atoms with Crippen molar-refractivity contribution >= 4 is 23.1 Å². The molecule has 1 aliphatic heterocycles. The van der Waals surface area contributed by atoms with Crippen LogP contribution in [-0.2, 0) is 4.57 Å². The van der Waals surface area contributed by atoms with E-state index >= 15 is 0 Å². The Balaban J connectivity index is 0.949. The highest BCUT2D eigenvalue weighted by atomic mass is 31.2. The van der Waals surface area contributed by atoms with Crippen LogP contribution in [0.4, 0.5) is 0 Å². The van der Waals surface area contributed by atoms with Crippen LogP contribution in [0.2, 0.25) is 0 Å². The molecule has 0 N–H and O–H groups in total. The zero-order valence-corrected chi connectivity index (χ0v) is 31.2. The lowest BCUT2D eigenvalue weighted by Crippen LogP contribution is -2.20. The van der Waals surface area contributed by atoms with Crippen molar-refractivity contribution in [2.75, 3.05) is 0 Å². The molecule has 0 spiro atoms. The Labute approximate surface area is 326 Å². The molecule has 0 aliphatic carbocycles. The summed E-state index contributed by atoms with van der Waals surface area (Å²) >= 11 is 0. The third-order valence-corrected chi connectivity index (χ3v) is 13.8. The minimum Gasteiger partial charge on any atom is -0.309 e. The van der Waals surface area contributed by atoms with Gasteiger partial charge >= 0.3 is 0 Å². The van der Waals surface area contributed by atoms with Gasteiger partial charge in [-0.15, -0.1) is 0 Å². The van der Waals surface area contributed by atoms with Gasteiger partial charge in [0.15, 0.2) is 24.6 Å². The minimum absolute atomic E-state index is 0.617. The smallest absolute Gasteiger partial charge is 0.172 e. The first-order valence-corrected chi connectivity index (χ1v) is 20.4. The second-order valence-electron chi connectivity index (χ2n) is 14.0. The SMILES string of the molecule is O=P1(c2ccc(-c3ccc(-c4cccc(-c5nc(-c6ccccc6)nc(-c6ccc(-c7ccccc7)cc6)n5)c4)cc3)cc2)c2ccccc2-c2ccccc21. The van der Waals surface area contributed by atoms with Gasteiger partial charge in [-0.2, -0.15) is 0 Å². The van der Waals surface area contributed by atoms with Crippen molar-refractivity contribution in [3.05, 3.63) is 206 Å². The summed E-state index contributed by atoms with van der Waals surface area (Å²) in [7, 11) is -2.96. The summed E-state index contributed by atoms with van der Waals surface area (Å²) in [5.74, 6) is 1.87. The number of benzene rings is 8. The van der Waals surface area contributed by atoms with Crippen LogP contribution in [-0.4, -0.2) is 15.0 Å². The second-order valence-corrected chi connectivity index (χ2v) is 16.7. The van der Waals surface area contributed by atoms with Crippen LogP contribution in [0.15, 0.2) is 206 Å². The van der Waals surface area contributed by atoms with Crippen LogP contribution in [0.3, 0.4) is 0 Å². The third kappa shape index (κ3) is 5.98. The zero-order chi connectivity index (χ0) is 37.5. The number of hydrogen-bond donors (Lipinski definition) is 0. The molecule has 0 amide bonds. The number of rotatable bonds is 7. The molecule has 264 valence electrons. The highest BCUT2D eigenvalue weighted by Crippen LogP contribution is 2.52. The van der Waals surface area contributed by atoms with E-state index < -0.39 is 7.14 Å². The summed E-state index contributed by atoms with van der Waals surface area (Å²) in [6.07, 6.45) is 0. The van der Waals surface area contributed by atoms with Gasteiger partial charge in [-0.3, -0.25) is 0 Å². The first-order chi connectivity index (χ1) is 27.6. The average Bonchev–Trinajstić information content (AvgIpc) is 3.55. The molecule has 2 heterocycles. The van der Waals surface area contributed by atoms with Crippen LogP contribution >= 0.6 is 7.14 Å². The van der Waals surface area contributed by atoms with Crippen molar-refractivity contribution in [1.29, 1.82) is 0 Å². The van der Waals surface area contributed by atoms with Gasteiger partial charge in [0.25, 0.3) is 0 Å². The van der Waals surface area contributed by atoms with E-state index in [1.54, 1.807) is 0 Å². The fourth-order valence-corrected chi connectivity index (χ4v) is 10.8. The van der Waals surface area contributed by atoms with Crippen molar-refractivity contribution in [2.24, 2.45) is 0 Å². The molecule has 1 aromatic heterocycles. The van der Waals surface area contributed by atoms with Crippen molar-refractivity contribution in [3.8, 4) is 78.7 Å². The summed E-state index contributed by atoms with van der Waals surface area (Å²) in [5, 5.41) is 2.69. The van der Waals surface area contributed by atoms with Crippen molar-refractivity contribution in [2.45, 2.75) is 0 Å². The predicted octanol–water partition coefficient (Wildman–Crippen LogP) is 11.5. The first-order valence-electron chi connectivity index (χ1n) is 18.7. The molecule has 0 fully saturated rings. The highest BCUT2D eigenvalue weighted by Gasteiger charge is 2.39. The molecule has 4 nitrogen and oxygen atoms in total. The monoisotopic (exact) mass is 735 g/mol. The van der Waals surface area contributed by atoms with E-state index in [1.165, 1.54) is 5.56 Å². The van der Waals surface area contributed by atoms with Gasteiger partial charge < -0.3 is 4.57 Å². The van der Waals surface area contributed by atoms with Gasteiger partial charge in [0.2, 0.25) is 0 Å². The summed E-state index contributed by atoms with van der Waals surface area (Å²) in [5.41, 5.74) is 11.5. The summed E-state index contributed by atoms with van der Waals surface area (Å²) in [4.78, 5) is 14.9. The van der Waals surface area contributed by atoms with Gasteiger partial charge in [-0.25, -0.2) is 15.0 Å². The molecule has 5 heteroatoms. The van der Waals surface area contributed by atoms with E-state index in [0.29, 0.717) is 17.5 Å². The number of nitrogens with zero attached hydrogens (tertiary/aromatic N) is 3. The Kier molecular flexibility index (Phi) is 8.40. The van der Waals surface area contributed by atoms with Gasteiger partial charge in [-0.1, -0.05) is 200 Å². The van der Waals surface area contributed by atoms with Crippen molar-refractivity contribution < 1.29 is 4.57 Å². The quantitative estimate of drug-likeness (QED) is 0.153. The zero-order valence-electron chi connectivity index (χ0n) is 30.3. The van der Waals surface area contributed by atoms with Gasteiger partial charge in [0.05, 0.1) is 0 Å².